The molecule has 0 saturated carbocycles. The molecule has 6 nitrogen and oxygen atoms in total. The lowest BCUT2D eigenvalue weighted by molar-refractivity contribution is -0.150. The van der Waals surface area contributed by atoms with Crippen LogP contribution in [-0.2, 0) is 23.8 Å². The summed E-state index contributed by atoms with van der Waals surface area (Å²) in [5.41, 5.74) is 0. The molecular formula is C11H21NO5. The number of carbonyl (C=O) groups is 2. The molecule has 100 valence electrons. The van der Waals surface area contributed by atoms with Gasteiger partial charge in [0.1, 0.15) is 13.2 Å². The highest BCUT2D eigenvalue weighted by molar-refractivity contribution is 5.82. The van der Waals surface area contributed by atoms with Crippen molar-refractivity contribution in [2.75, 3.05) is 46.6 Å². The van der Waals surface area contributed by atoms with E-state index in [2.05, 4.69) is 0 Å². The Bertz CT molecular complexity index is 232. The minimum absolute atomic E-state index is 0.0309. The number of hydrogen-bond acceptors (Lipinski definition) is 5. The largest absolute Gasteiger partial charge is 0.465 e. The van der Waals surface area contributed by atoms with Gasteiger partial charge in [-0.15, -0.1) is 0 Å². The zero-order chi connectivity index (χ0) is 13.1. The summed E-state index contributed by atoms with van der Waals surface area (Å²) in [6, 6.07) is 0. The summed E-state index contributed by atoms with van der Waals surface area (Å²) in [6.45, 7) is 5.01. The van der Waals surface area contributed by atoms with E-state index >= 15 is 0 Å². The molecule has 17 heavy (non-hydrogen) atoms. The first kappa shape index (κ1) is 15.9. The van der Waals surface area contributed by atoms with Crippen LogP contribution in [0.2, 0.25) is 0 Å². The van der Waals surface area contributed by atoms with Crippen LogP contribution in [0.25, 0.3) is 0 Å². The summed E-state index contributed by atoms with van der Waals surface area (Å²) >= 11 is 0. The highest BCUT2D eigenvalue weighted by Gasteiger charge is 2.15. The lowest BCUT2D eigenvalue weighted by Crippen LogP contribution is -2.38. The van der Waals surface area contributed by atoms with Crippen LogP contribution < -0.4 is 0 Å². The predicted octanol–water partition coefficient (Wildman–Crippen LogP) is 0.0610. The summed E-state index contributed by atoms with van der Waals surface area (Å²) < 4.78 is 14.6. The van der Waals surface area contributed by atoms with Gasteiger partial charge in [0.15, 0.2) is 0 Å². The molecule has 0 spiro atoms. The van der Waals surface area contributed by atoms with Gasteiger partial charge in [-0.3, -0.25) is 9.59 Å². The van der Waals surface area contributed by atoms with Crippen molar-refractivity contribution in [3.63, 3.8) is 0 Å². The summed E-state index contributed by atoms with van der Waals surface area (Å²) in [7, 11) is 1.56. The van der Waals surface area contributed by atoms with E-state index in [9.17, 15) is 9.59 Å². The summed E-state index contributed by atoms with van der Waals surface area (Å²) in [4.78, 5) is 24.2. The fraction of sp³-hybridized carbons (Fsp3) is 0.818. The normalized spacial score (nSPS) is 10.1. The van der Waals surface area contributed by atoms with Crippen LogP contribution >= 0.6 is 0 Å². The first-order valence-corrected chi connectivity index (χ1v) is 5.65. The Morgan fingerprint density at radius 2 is 1.88 bits per heavy atom. The zero-order valence-electron chi connectivity index (χ0n) is 10.7. The molecule has 0 rings (SSSR count). The van der Waals surface area contributed by atoms with E-state index in [0.29, 0.717) is 26.4 Å². The molecule has 0 fully saturated rings. The standard InChI is InChI=1S/C11H21NO5/c1-4-12(8-11(14)17-5-2)10(13)9-16-7-6-15-3/h4-9H2,1-3H3. The van der Waals surface area contributed by atoms with Crippen molar-refractivity contribution in [3.8, 4) is 0 Å². The van der Waals surface area contributed by atoms with Crippen molar-refractivity contribution in [3.05, 3.63) is 0 Å². The van der Waals surface area contributed by atoms with Crippen molar-refractivity contribution < 1.29 is 23.8 Å². The summed E-state index contributed by atoms with van der Waals surface area (Å²) in [5, 5.41) is 0. The molecule has 0 saturated heterocycles. The number of amides is 1. The van der Waals surface area contributed by atoms with Crippen LogP contribution in [0.5, 0.6) is 0 Å². The molecule has 0 radical (unpaired) electrons. The van der Waals surface area contributed by atoms with E-state index in [4.69, 9.17) is 14.2 Å². The van der Waals surface area contributed by atoms with Crippen LogP contribution in [0.3, 0.4) is 0 Å². The van der Waals surface area contributed by atoms with Crippen LogP contribution in [0.15, 0.2) is 0 Å². The van der Waals surface area contributed by atoms with E-state index in [1.165, 1.54) is 4.90 Å². The van der Waals surface area contributed by atoms with E-state index in [1.807, 2.05) is 0 Å². The van der Waals surface area contributed by atoms with Crippen LogP contribution in [0.4, 0.5) is 0 Å². The number of likely N-dealkylation sites (N-methyl/N-ethyl adjacent to an activating group) is 1. The van der Waals surface area contributed by atoms with Crippen molar-refractivity contribution in [2.45, 2.75) is 13.8 Å². The molecule has 0 aromatic rings. The Kier molecular flexibility index (Phi) is 9.37. The van der Waals surface area contributed by atoms with Gasteiger partial charge >= 0.3 is 5.97 Å². The number of rotatable bonds is 9. The molecule has 0 heterocycles. The molecule has 0 unspecified atom stereocenters. The second-order valence-corrected chi connectivity index (χ2v) is 3.26. The predicted molar refractivity (Wildman–Crippen MR) is 61.6 cm³/mol. The number of hydrogen-bond donors (Lipinski definition) is 0. The Labute approximate surface area is 102 Å². The monoisotopic (exact) mass is 247 g/mol. The highest BCUT2D eigenvalue weighted by atomic mass is 16.5. The van der Waals surface area contributed by atoms with Crippen molar-refractivity contribution in [1.82, 2.24) is 4.90 Å². The zero-order valence-corrected chi connectivity index (χ0v) is 10.7. The molecular weight excluding hydrogens is 226 g/mol. The molecule has 6 heteroatoms. The molecule has 0 aliphatic rings. The number of ether oxygens (including phenoxy) is 3. The maximum atomic E-state index is 11.6. The number of nitrogens with zero attached hydrogens (tertiary/aromatic N) is 1. The summed E-state index contributed by atoms with van der Waals surface area (Å²) in [5.74, 6) is -0.628. The lowest BCUT2D eigenvalue weighted by atomic mass is 10.4. The Balaban J connectivity index is 3.90. The second kappa shape index (κ2) is 10.0. The Morgan fingerprint density at radius 1 is 1.18 bits per heavy atom. The van der Waals surface area contributed by atoms with Crippen LogP contribution in [0, 0.1) is 0 Å². The Morgan fingerprint density at radius 3 is 2.41 bits per heavy atom. The first-order chi connectivity index (χ1) is 8.15. The average molecular weight is 247 g/mol. The molecule has 0 aliphatic heterocycles. The molecule has 0 N–H and O–H groups in total. The van der Waals surface area contributed by atoms with Crippen LogP contribution in [-0.4, -0.2) is 63.4 Å². The van der Waals surface area contributed by atoms with Gasteiger partial charge in [0.25, 0.3) is 0 Å². The minimum Gasteiger partial charge on any atom is -0.465 e. The molecule has 0 aromatic heterocycles. The summed E-state index contributed by atoms with van der Waals surface area (Å²) in [6.07, 6.45) is 0. The maximum Gasteiger partial charge on any atom is 0.325 e. The molecule has 0 aliphatic carbocycles. The topological polar surface area (TPSA) is 65.1 Å². The maximum absolute atomic E-state index is 11.6. The highest BCUT2D eigenvalue weighted by Crippen LogP contribution is 1.93. The van der Waals surface area contributed by atoms with Gasteiger partial charge in [-0.2, -0.15) is 0 Å². The number of methoxy groups -OCH3 is 1. The van der Waals surface area contributed by atoms with Crippen LogP contribution in [0.1, 0.15) is 13.8 Å². The molecule has 0 atom stereocenters. The number of esters is 1. The third kappa shape index (κ3) is 7.70. The third-order valence-electron chi connectivity index (χ3n) is 2.02. The Hall–Kier alpha value is -1.14. The van der Waals surface area contributed by atoms with Gasteiger partial charge in [-0.1, -0.05) is 0 Å². The van der Waals surface area contributed by atoms with Gasteiger partial charge in [-0.25, -0.2) is 0 Å². The second-order valence-electron chi connectivity index (χ2n) is 3.26. The first-order valence-electron chi connectivity index (χ1n) is 5.65. The average Bonchev–Trinajstić information content (AvgIpc) is 2.31. The van der Waals surface area contributed by atoms with Gasteiger partial charge in [-0.05, 0) is 13.8 Å². The molecule has 0 bridgehead atoms. The van der Waals surface area contributed by atoms with E-state index < -0.39 is 5.97 Å². The van der Waals surface area contributed by atoms with Gasteiger partial charge in [0, 0.05) is 13.7 Å². The van der Waals surface area contributed by atoms with E-state index in [-0.39, 0.29) is 19.1 Å². The fourth-order valence-corrected chi connectivity index (χ4v) is 1.13. The van der Waals surface area contributed by atoms with E-state index in [0.717, 1.165) is 0 Å². The lowest BCUT2D eigenvalue weighted by Gasteiger charge is -2.19. The fourth-order valence-electron chi connectivity index (χ4n) is 1.13. The van der Waals surface area contributed by atoms with Gasteiger partial charge in [0.2, 0.25) is 5.91 Å². The molecule has 0 aromatic carbocycles. The third-order valence-corrected chi connectivity index (χ3v) is 2.02. The van der Waals surface area contributed by atoms with Gasteiger partial charge in [0.05, 0.1) is 19.8 Å². The number of carbonyl (C=O) groups excluding carboxylic acids is 2. The minimum atomic E-state index is -0.403. The van der Waals surface area contributed by atoms with Gasteiger partial charge < -0.3 is 19.1 Å². The SMILES string of the molecule is CCOC(=O)CN(CC)C(=O)COCCOC. The molecule has 1 amide bonds. The van der Waals surface area contributed by atoms with Crippen molar-refractivity contribution >= 4 is 11.9 Å². The van der Waals surface area contributed by atoms with E-state index in [1.54, 1.807) is 21.0 Å². The smallest absolute Gasteiger partial charge is 0.325 e. The quantitative estimate of drug-likeness (QED) is 0.426. The van der Waals surface area contributed by atoms with Crippen molar-refractivity contribution in [2.24, 2.45) is 0 Å². The van der Waals surface area contributed by atoms with Crippen molar-refractivity contribution in [1.29, 1.82) is 0 Å².